The molecule has 6 aromatic rings. The molecule has 5 heterocycles. The summed E-state index contributed by atoms with van der Waals surface area (Å²) >= 11 is 0. The van der Waals surface area contributed by atoms with E-state index in [4.69, 9.17) is 19.3 Å². The van der Waals surface area contributed by atoms with Gasteiger partial charge in [0.2, 0.25) is 22.8 Å². The Morgan fingerprint density at radius 3 is 1.56 bits per heavy atom. The number of aromatic carboxylic acids is 1. The molecule has 4 aromatic heterocycles. The predicted molar refractivity (Wildman–Crippen MR) is 302 cm³/mol. The first-order chi connectivity index (χ1) is 38.8. The number of Topliss-reactive ketones (excluding diaryl/α,β-unsaturated/α-hetero) is 3. The predicted octanol–water partition coefficient (Wildman–Crippen LogP) is 8.07. The molecule has 0 bridgehead atoms. The SMILES string of the molecule is C.C.CC1=CC(=O)c2c(cc(CO)n2C)C1=O.CC1=CC(=O)c2c(cc(COC(=O)Oc3ccc([N+](=O)[O-])cc3)n2C)C1=O.CCn1cc(C(=O)O)c(=O)c2cc(F)c(N3CCN(C(=O)OCc4cc5c(n4C)C(=O)C=C(C)C5=O)CC3)cc21. The van der Waals surface area contributed by atoms with Gasteiger partial charge in [-0.3, -0.25) is 43.7 Å². The van der Waals surface area contributed by atoms with E-state index in [2.05, 4.69) is 0 Å². The largest absolute Gasteiger partial charge is 0.514 e. The third kappa shape index (κ3) is 12.2. The number of nitro benzene ring substituents is 1. The highest BCUT2D eigenvalue weighted by molar-refractivity contribution is 6.25. The fraction of sp³-hybridized carbons (Fsp3) is 0.288. The Morgan fingerprint density at radius 1 is 0.667 bits per heavy atom. The second-order valence-corrected chi connectivity index (χ2v) is 19.3. The Morgan fingerprint density at radius 2 is 1.12 bits per heavy atom. The number of ether oxygens (including phenoxy) is 3. The van der Waals surface area contributed by atoms with Gasteiger partial charge in [-0.2, -0.15) is 0 Å². The number of hydrogen-bond donors (Lipinski definition) is 2. The molecule has 4 aliphatic rings. The average Bonchev–Trinajstić information content (AvgIpc) is 2.77. The van der Waals surface area contributed by atoms with Crippen molar-refractivity contribution < 1.29 is 76.9 Å². The molecule has 2 N–H and O–H groups in total. The number of aromatic nitrogens is 4. The zero-order valence-electron chi connectivity index (χ0n) is 45.2. The van der Waals surface area contributed by atoms with Gasteiger partial charge >= 0.3 is 18.2 Å². The van der Waals surface area contributed by atoms with Crippen LogP contribution in [-0.4, -0.2) is 117 Å². The molecule has 24 nitrogen and oxygen atoms in total. The Hall–Kier alpha value is -10.2. The number of aryl methyl sites for hydroxylation is 1. The highest BCUT2D eigenvalue weighted by atomic mass is 19.1. The summed E-state index contributed by atoms with van der Waals surface area (Å²) in [7, 11) is 4.90. The van der Waals surface area contributed by atoms with Crippen molar-refractivity contribution in [3.63, 3.8) is 0 Å². The molecule has 0 atom stereocenters. The highest BCUT2D eigenvalue weighted by Gasteiger charge is 2.32. The van der Waals surface area contributed by atoms with Crippen molar-refractivity contribution in [3.05, 3.63) is 178 Å². The van der Waals surface area contributed by atoms with Gasteiger partial charge in [-0.15, -0.1) is 0 Å². The van der Waals surface area contributed by atoms with Crippen molar-refractivity contribution in [3.8, 4) is 5.75 Å². The lowest BCUT2D eigenvalue weighted by atomic mass is 9.96. The zero-order valence-corrected chi connectivity index (χ0v) is 45.2. The highest BCUT2D eigenvalue weighted by Crippen LogP contribution is 2.30. The Labute approximate surface area is 479 Å². The lowest BCUT2D eigenvalue weighted by molar-refractivity contribution is -0.384. The summed E-state index contributed by atoms with van der Waals surface area (Å²) in [6.45, 7) is 7.51. The second kappa shape index (κ2) is 25.3. The van der Waals surface area contributed by atoms with Gasteiger partial charge in [-0.1, -0.05) is 14.9 Å². The van der Waals surface area contributed by atoms with E-state index in [1.54, 1.807) is 79.6 Å². The monoisotopic (exact) mass is 1160 g/mol. The summed E-state index contributed by atoms with van der Waals surface area (Å²) in [6.07, 6.45) is 3.58. The minimum absolute atomic E-state index is 0. The maximum Gasteiger partial charge on any atom is 0.514 e. The van der Waals surface area contributed by atoms with E-state index in [0.717, 1.165) is 6.07 Å². The summed E-state index contributed by atoms with van der Waals surface area (Å²) in [5.41, 5.74) is 3.88. The number of benzene rings is 2. The quantitative estimate of drug-likeness (QED) is 0.0566. The standard InChI is InChI=1S/C28H27FN4O7.C18H14N2O7.C11H11NO3.2CH4/c1-4-31-13-19(27(37)38)26(36)17-11-20(29)22(12-21(17)31)32-5-7-33(8-6-32)28(39)40-14-16-10-18-24(30(16)3)23(34)9-15(2)25(18)35;1-10-7-15(21)16-14(17(10)22)8-12(19(16)2)9-26-18(23)27-13-5-3-11(4-6-13)20(24)25;1-6-3-9(14)10-8(11(6)15)4-7(5-13)12(10)2;;/h9-13H,4-8,14H2,1-3H3,(H,37,38);3-8H,9H2,1-2H3;3-4,13H,5H2,1-2H3;2*1H4. The number of piperazine rings is 1. The molecule has 0 spiro atoms. The number of non-ortho nitro benzene ring substituents is 1. The van der Waals surface area contributed by atoms with E-state index in [-0.39, 0.29) is 127 Å². The van der Waals surface area contributed by atoms with E-state index in [0.29, 0.717) is 70.2 Å². The smallest absolute Gasteiger partial charge is 0.477 e. The fourth-order valence-electron chi connectivity index (χ4n) is 9.75. The molecule has 440 valence electrons. The normalized spacial score (nSPS) is 14.2. The van der Waals surface area contributed by atoms with Crippen LogP contribution in [0.4, 0.5) is 25.4 Å². The van der Waals surface area contributed by atoms with Crippen molar-refractivity contribution in [1.82, 2.24) is 23.2 Å². The number of rotatable bonds is 10. The summed E-state index contributed by atoms with van der Waals surface area (Å²) in [5, 5.41) is 29.0. The first kappa shape index (κ1) is 63.0. The van der Waals surface area contributed by atoms with Crippen LogP contribution in [0.1, 0.15) is 133 Å². The van der Waals surface area contributed by atoms with Crippen molar-refractivity contribution in [2.24, 2.45) is 21.1 Å². The van der Waals surface area contributed by atoms with Crippen LogP contribution in [0.15, 0.2) is 101 Å². The van der Waals surface area contributed by atoms with Gasteiger partial charge in [0.05, 0.1) is 50.8 Å². The number of carbonyl (C=O) groups is 9. The lowest BCUT2D eigenvalue weighted by Gasteiger charge is -2.35. The zero-order chi connectivity index (χ0) is 59.8. The van der Waals surface area contributed by atoms with Crippen LogP contribution < -0.4 is 15.1 Å². The number of aliphatic hydroxyl groups is 1. The second-order valence-electron chi connectivity index (χ2n) is 19.3. The Kier molecular flexibility index (Phi) is 19.0. The summed E-state index contributed by atoms with van der Waals surface area (Å²) in [5.74, 6) is -3.31. The first-order valence-corrected chi connectivity index (χ1v) is 25.2. The molecule has 0 unspecified atom stereocenters. The van der Waals surface area contributed by atoms with Crippen LogP contribution in [0.3, 0.4) is 0 Å². The van der Waals surface area contributed by atoms with Crippen molar-refractivity contribution in [2.75, 3.05) is 31.1 Å². The lowest BCUT2D eigenvalue weighted by Crippen LogP contribution is -2.49. The number of anilines is 1. The van der Waals surface area contributed by atoms with Crippen molar-refractivity contribution in [2.45, 2.75) is 68.9 Å². The molecule has 1 aliphatic heterocycles. The maximum absolute atomic E-state index is 15.1. The Balaban J connectivity index is 0.000000221. The van der Waals surface area contributed by atoms with Gasteiger partial charge in [-0.25, -0.2) is 18.8 Å². The molecule has 84 heavy (non-hydrogen) atoms. The molecule has 1 amide bonds. The van der Waals surface area contributed by atoms with Crippen LogP contribution in [-0.2, 0) is 57.0 Å². The number of ketones is 6. The number of nitro groups is 1. The van der Waals surface area contributed by atoms with E-state index in [9.17, 15) is 63.2 Å². The van der Waals surface area contributed by atoms with Crippen LogP contribution >= 0.6 is 0 Å². The van der Waals surface area contributed by atoms with Crippen LogP contribution in [0.5, 0.6) is 5.75 Å². The van der Waals surface area contributed by atoms with Gasteiger partial charge < -0.3 is 52.5 Å². The molecule has 2 aromatic carbocycles. The topological polar surface area (TPSA) is 308 Å². The fourth-order valence-corrected chi connectivity index (χ4v) is 9.75. The van der Waals surface area contributed by atoms with Crippen molar-refractivity contribution >= 4 is 75.2 Å². The number of carboxylic acid groups (broad SMARTS) is 1. The molecule has 10 rings (SSSR count). The van der Waals surface area contributed by atoms with Gasteiger partial charge in [0, 0.05) is 100.0 Å². The molecular weight excluding hydrogens is 1100 g/mol. The van der Waals surface area contributed by atoms with Crippen LogP contribution in [0.2, 0.25) is 0 Å². The third-order valence-electron chi connectivity index (χ3n) is 14.2. The van der Waals surface area contributed by atoms with E-state index >= 15 is 4.39 Å². The number of aliphatic hydroxyl groups excluding tert-OH is 1. The van der Waals surface area contributed by atoms with Gasteiger partial charge in [0.1, 0.15) is 47.4 Å². The summed E-state index contributed by atoms with van der Waals surface area (Å²) in [4.78, 5) is 134. The number of halogens is 1. The molecule has 0 radical (unpaired) electrons. The minimum atomic E-state index is -1.37. The molecule has 1 fully saturated rings. The van der Waals surface area contributed by atoms with Crippen LogP contribution in [0.25, 0.3) is 10.9 Å². The number of nitrogens with zero attached hydrogens (tertiary/aromatic N) is 7. The summed E-state index contributed by atoms with van der Waals surface area (Å²) < 4.78 is 36.8. The van der Waals surface area contributed by atoms with Gasteiger partial charge in [0.25, 0.3) is 5.69 Å². The number of carbonyl (C=O) groups excluding carboxylic acids is 8. The average molecular weight is 1160 g/mol. The third-order valence-corrected chi connectivity index (χ3v) is 14.2. The number of allylic oxidation sites excluding steroid dienone is 6. The molecule has 3 aliphatic carbocycles. The van der Waals surface area contributed by atoms with E-state index in [1.165, 1.54) is 70.3 Å². The number of fused-ring (bicyclic) bond motifs is 4. The number of hydrogen-bond acceptors (Lipinski definition) is 17. The van der Waals surface area contributed by atoms with Gasteiger partial charge in [0.15, 0.2) is 17.3 Å². The van der Waals surface area contributed by atoms with E-state index in [1.807, 2.05) is 0 Å². The minimum Gasteiger partial charge on any atom is -0.477 e. The first-order valence-electron chi connectivity index (χ1n) is 25.2. The molecule has 0 saturated carbocycles. The van der Waals surface area contributed by atoms with E-state index < -0.39 is 40.0 Å². The Bertz CT molecular complexity index is 3940. The molecule has 25 heteroatoms. The molecular formula is C59H60FN7O17. The number of pyridine rings is 1. The number of amides is 1. The molecule has 1 saturated heterocycles. The summed E-state index contributed by atoms with van der Waals surface area (Å²) in [6, 6.07) is 12.2. The number of carboxylic acids is 1. The van der Waals surface area contributed by atoms with Crippen molar-refractivity contribution in [1.29, 1.82) is 0 Å². The van der Waals surface area contributed by atoms with Gasteiger partial charge in [-0.05, 0) is 88.4 Å². The van der Waals surface area contributed by atoms with Crippen LogP contribution in [0, 0.1) is 15.9 Å². The maximum atomic E-state index is 15.1.